The molecule has 0 aromatic carbocycles. The second kappa shape index (κ2) is 5.10. The number of hydrogen-bond donors (Lipinski definition) is 1. The molecule has 2 nitrogen and oxygen atoms in total. The van der Waals surface area contributed by atoms with Crippen molar-refractivity contribution in [3.8, 4) is 0 Å². The molecule has 0 bridgehead atoms. The summed E-state index contributed by atoms with van der Waals surface area (Å²) < 4.78 is 37.6. The summed E-state index contributed by atoms with van der Waals surface area (Å²) in [6, 6.07) is 0.851. The zero-order chi connectivity index (χ0) is 12.3. The first-order valence-electron chi connectivity index (χ1n) is 4.53. The van der Waals surface area contributed by atoms with Gasteiger partial charge in [-0.25, -0.2) is 4.98 Å². The number of halogens is 5. The lowest BCUT2D eigenvalue weighted by Crippen LogP contribution is -2.10. The Balaban J connectivity index is 3.12. The van der Waals surface area contributed by atoms with Crippen molar-refractivity contribution in [1.29, 1.82) is 0 Å². The molecule has 7 heteroatoms. The lowest BCUT2D eigenvalue weighted by atomic mass is 10.2. The average Bonchev–Trinajstić information content (AvgIpc) is 2.17. The summed E-state index contributed by atoms with van der Waals surface area (Å²) in [7, 11) is 0. The Labute approximate surface area is 101 Å². The molecular formula is C9H9Cl2F3N2. The van der Waals surface area contributed by atoms with Crippen molar-refractivity contribution in [2.75, 3.05) is 11.9 Å². The third kappa shape index (κ3) is 3.15. The van der Waals surface area contributed by atoms with Gasteiger partial charge >= 0.3 is 6.18 Å². The summed E-state index contributed by atoms with van der Waals surface area (Å²) in [4.78, 5) is 3.71. The highest BCUT2D eigenvalue weighted by Crippen LogP contribution is 2.38. The molecule has 1 aromatic rings. The van der Waals surface area contributed by atoms with Crippen molar-refractivity contribution < 1.29 is 13.2 Å². The van der Waals surface area contributed by atoms with Crippen LogP contribution in [0.1, 0.15) is 18.9 Å². The van der Waals surface area contributed by atoms with Crippen LogP contribution in [0.2, 0.25) is 10.2 Å². The fourth-order valence-corrected chi connectivity index (χ4v) is 1.45. The summed E-state index contributed by atoms with van der Waals surface area (Å²) in [5.41, 5.74) is -0.979. The number of nitrogens with zero attached hydrogens (tertiary/aromatic N) is 1. The molecule has 0 atom stereocenters. The summed E-state index contributed by atoms with van der Waals surface area (Å²) in [5, 5.41) is 1.80. The number of hydrogen-bond acceptors (Lipinski definition) is 2. The van der Waals surface area contributed by atoms with Crippen LogP contribution in [0.4, 0.5) is 19.0 Å². The molecular weight excluding hydrogens is 264 g/mol. The van der Waals surface area contributed by atoms with Gasteiger partial charge in [-0.1, -0.05) is 30.1 Å². The predicted octanol–water partition coefficient (Wildman–Crippen LogP) is 4.23. The number of rotatable bonds is 3. The highest BCUT2D eigenvalue weighted by molar-refractivity contribution is 6.41. The molecule has 1 N–H and O–H groups in total. The van der Waals surface area contributed by atoms with E-state index in [0.717, 1.165) is 12.5 Å². The molecule has 1 rings (SSSR count). The highest BCUT2D eigenvalue weighted by Gasteiger charge is 2.35. The lowest BCUT2D eigenvalue weighted by molar-refractivity contribution is -0.137. The van der Waals surface area contributed by atoms with Gasteiger partial charge < -0.3 is 5.32 Å². The van der Waals surface area contributed by atoms with Crippen molar-refractivity contribution in [3.63, 3.8) is 0 Å². The van der Waals surface area contributed by atoms with Crippen molar-refractivity contribution in [2.45, 2.75) is 19.5 Å². The summed E-state index contributed by atoms with van der Waals surface area (Å²) in [6.07, 6.45) is -3.77. The Hall–Kier alpha value is -0.680. The van der Waals surface area contributed by atoms with Gasteiger partial charge in [0.1, 0.15) is 5.82 Å². The number of aromatic nitrogens is 1. The number of nitrogens with one attached hydrogen (secondary N) is 1. The molecule has 1 aromatic heterocycles. The fourth-order valence-electron chi connectivity index (χ4n) is 1.05. The maximum Gasteiger partial charge on any atom is 0.418 e. The SMILES string of the molecule is CCCNc1cc(C(F)(F)F)c(Cl)c(Cl)n1. The van der Waals surface area contributed by atoms with Crippen LogP contribution >= 0.6 is 23.2 Å². The zero-order valence-electron chi connectivity index (χ0n) is 8.33. The number of alkyl halides is 3. The van der Waals surface area contributed by atoms with Gasteiger partial charge in [0.25, 0.3) is 0 Å². The van der Waals surface area contributed by atoms with Crippen molar-refractivity contribution in [1.82, 2.24) is 4.98 Å². The van der Waals surface area contributed by atoms with Crippen LogP contribution < -0.4 is 5.32 Å². The van der Waals surface area contributed by atoms with Crippen molar-refractivity contribution in [2.24, 2.45) is 0 Å². The van der Waals surface area contributed by atoms with E-state index in [4.69, 9.17) is 23.2 Å². The van der Waals surface area contributed by atoms with Gasteiger partial charge in [0, 0.05) is 6.54 Å². The molecule has 0 unspecified atom stereocenters. The van der Waals surface area contributed by atoms with Crippen molar-refractivity contribution in [3.05, 3.63) is 21.8 Å². The smallest absolute Gasteiger partial charge is 0.370 e. The number of anilines is 1. The first-order chi connectivity index (χ1) is 7.36. The summed E-state index contributed by atoms with van der Waals surface area (Å²) in [6.45, 7) is 2.40. The van der Waals surface area contributed by atoms with Gasteiger partial charge in [-0.2, -0.15) is 13.2 Å². The molecule has 0 saturated heterocycles. The van der Waals surface area contributed by atoms with E-state index >= 15 is 0 Å². The highest BCUT2D eigenvalue weighted by atomic mass is 35.5. The first-order valence-corrected chi connectivity index (χ1v) is 5.29. The second-order valence-electron chi connectivity index (χ2n) is 3.08. The quantitative estimate of drug-likeness (QED) is 0.833. The van der Waals surface area contributed by atoms with Crippen LogP contribution in [0.25, 0.3) is 0 Å². The van der Waals surface area contributed by atoms with Crippen LogP contribution in [0.15, 0.2) is 6.07 Å². The van der Waals surface area contributed by atoms with E-state index in [-0.39, 0.29) is 11.0 Å². The molecule has 0 aliphatic rings. The molecule has 0 radical (unpaired) electrons. The van der Waals surface area contributed by atoms with E-state index in [1.807, 2.05) is 6.92 Å². The van der Waals surface area contributed by atoms with Gasteiger partial charge in [-0.15, -0.1) is 0 Å². The van der Waals surface area contributed by atoms with Crippen LogP contribution in [-0.2, 0) is 6.18 Å². The third-order valence-corrected chi connectivity index (χ3v) is 2.53. The minimum Gasteiger partial charge on any atom is -0.370 e. The van der Waals surface area contributed by atoms with Gasteiger partial charge in [0.05, 0.1) is 10.6 Å². The molecule has 0 saturated carbocycles. The largest absolute Gasteiger partial charge is 0.418 e. The molecule has 0 spiro atoms. The maximum atomic E-state index is 12.5. The normalized spacial score (nSPS) is 11.6. The van der Waals surface area contributed by atoms with E-state index in [0.29, 0.717) is 6.54 Å². The molecule has 0 aliphatic carbocycles. The molecule has 1 heterocycles. The minimum atomic E-state index is -4.54. The third-order valence-electron chi connectivity index (χ3n) is 1.78. The Kier molecular flexibility index (Phi) is 4.27. The van der Waals surface area contributed by atoms with E-state index in [2.05, 4.69) is 10.3 Å². The van der Waals surface area contributed by atoms with Crippen LogP contribution in [0.3, 0.4) is 0 Å². The monoisotopic (exact) mass is 272 g/mol. The Morgan fingerprint density at radius 1 is 1.38 bits per heavy atom. The fraction of sp³-hybridized carbons (Fsp3) is 0.444. The van der Waals surface area contributed by atoms with E-state index in [9.17, 15) is 13.2 Å². The van der Waals surface area contributed by atoms with Gasteiger partial charge in [0.2, 0.25) is 0 Å². The molecule has 0 aliphatic heterocycles. The minimum absolute atomic E-state index is 0.0728. The first kappa shape index (κ1) is 13.4. The van der Waals surface area contributed by atoms with Gasteiger partial charge in [-0.05, 0) is 12.5 Å². The maximum absolute atomic E-state index is 12.5. The van der Waals surface area contributed by atoms with Crippen LogP contribution in [0.5, 0.6) is 0 Å². The number of pyridine rings is 1. The summed E-state index contributed by atoms with van der Waals surface area (Å²) in [5.74, 6) is 0.0728. The molecule has 90 valence electrons. The topological polar surface area (TPSA) is 24.9 Å². The van der Waals surface area contributed by atoms with E-state index in [1.165, 1.54) is 0 Å². The average molecular weight is 273 g/mol. The molecule has 16 heavy (non-hydrogen) atoms. The molecule has 0 amide bonds. The Morgan fingerprint density at radius 3 is 2.50 bits per heavy atom. The lowest BCUT2D eigenvalue weighted by Gasteiger charge is -2.12. The Morgan fingerprint density at radius 2 is 2.00 bits per heavy atom. The second-order valence-corrected chi connectivity index (χ2v) is 3.82. The zero-order valence-corrected chi connectivity index (χ0v) is 9.84. The van der Waals surface area contributed by atoms with Crippen molar-refractivity contribution >= 4 is 29.0 Å². The van der Waals surface area contributed by atoms with E-state index in [1.54, 1.807) is 0 Å². The standard InChI is InChI=1S/C9H9Cl2F3N2/c1-2-3-15-6-4-5(9(12,13)14)7(10)8(11)16-6/h4H,2-3H2,1H3,(H,15,16). The molecule has 0 fully saturated rings. The summed E-state index contributed by atoms with van der Waals surface area (Å²) >= 11 is 11.0. The van der Waals surface area contributed by atoms with Crippen LogP contribution in [-0.4, -0.2) is 11.5 Å². The van der Waals surface area contributed by atoms with Gasteiger partial charge in [-0.3, -0.25) is 0 Å². The van der Waals surface area contributed by atoms with Crippen LogP contribution in [0, 0.1) is 0 Å². The van der Waals surface area contributed by atoms with E-state index < -0.39 is 16.8 Å². The van der Waals surface area contributed by atoms with Gasteiger partial charge in [0.15, 0.2) is 5.15 Å². The Bertz CT molecular complexity index is 380. The predicted molar refractivity (Wildman–Crippen MR) is 58.0 cm³/mol.